The molecule has 1 N–H and O–H groups in total. The number of nitrogens with zero attached hydrogens (tertiary/aromatic N) is 5. The number of aromatic nitrogens is 4. The summed E-state index contributed by atoms with van der Waals surface area (Å²) in [6.45, 7) is 8.14. The lowest BCUT2D eigenvalue weighted by molar-refractivity contribution is 0.0749. The first kappa shape index (κ1) is 23.2. The van der Waals surface area contributed by atoms with E-state index in [0.717, 1.165) is 33.8 Å². The molecule has 180 valence electrons. The lowest BCUT2D eigenvalue weighted by atomic mass is 9.99. The van der Waals surface area contributed by atoms with Gasteiger partial charge in [-0.3, -0.25) is 4.79 Å². The number of fused-ring (bicyclic) bond motifs is 1. The molecule has 7 nitrogen and oxygen atoms in total. The Morgan fingerprint density at radius 2 is 1.97 bits per heavy atom. The zero-order chi connectivity index (χ0) is 24.9. The Morgan fingerprint density at radius 1 is 1.11 bits per heavy atom. The van der Waals surface area contributed by atoms with Crippen molar-refractivity contribution in [2.45, 2.75) is 20.0 Å². The van der Waals surface area contributed by atoms with Gasteiger partial charge in [-0.15, -0.1) is 0 Å². The fraction of sp³-hybridized carbons (Fsp3) is 0.172. The summed E-state index contributed by atoms with van der Waals surface area (Å²) in [6.07, 6.45) is 11.1. The normalized spacial score (nSPS) is 13.5. The molecule has 1 aliphatic heterocycles. The van der Waals surface area contributed by atoms with Crippen molar-refractivity contribution in [2.24, 2.45) is 0 Å². The van der Waals surface area contributed by atoms with Gasteiger partial charge in [0, 0.05) is 30.4 Å². The van der Waals surface area contributed by atoms with Crippen LogP contribution >= 0.6 is 0 Å². The van der Waals surface area contributed by atoms with Gasteiger partial charge in [-0.1, -0.05) is 67.3 Å². The van der Waals surface area contributed by atoms with Crippen LogP contribution in [0.5, 0.6) is 0 Å². The molecule has 0 unspecified atom stereocenters. The fourth-order valence-corrected chi connectivity index (χ4v) is 4.55. The molecule has 1 aliphatic rings. The van der Waals surface area contributed by atoms with E-state index in [0.29, 0.717) is 37.6 Å². The second kappa shape index (κ2) is 10.4. The number of amides is 1. The van der Waals surface area contributed by atoms with Gasteiger partial charge < -0.3 is 14.8 Å². The summed E-state index contributed by atoms with van der Waals surface area (Å²) in [5.41, 5.74) is 6.12. The Morgan fingerprint density at radius 3 is 2.72 bits per heavy atom. The average molecular weight is 477 g/mol. The first-order chi connectivity index (χ1) is 17.7. The minimum atomic E-state index is -0.0366. The Kier molecular flexibility index (Phi) is 6.71. The van der Waals surface area contributed by atoms with Crippen molar-refractivity contribution in [2.75, 3.05) is 18.0 Å². The fourth-order valence-electron chi connectivity index (χ4n) is 4.55. The van der Waals surface area contributed by atoms with Crippen molar-refractivity contribution in [3.05, 3.63) is 108 Å². The maximum Gasteiger partial charge on any atom is 0.254 e. The van der Waals surface area contributed by atoms with E-state index < -0.39 is 0 Å². The van der Waals surface area contributed by atoms with Gasteiger partial charge in [0.25, 0.3) is 5.91 Å². The van der Waals surface area contributed by atoms with E-state index in [9.17, 15) is 4.79 Å². The Hall–Kier alpha value is -4.52. The largest absolute Gasteiger partial charge is 0.361 e. The zero-order valence-corrected chi connectivity index (χ0v) is 20.3. The minimum absolute atomic E-state index is 0.0366. The molecule has 3 heterocycles. The SMILES string of the molecule is C=Cc1c(/C=C\C)cccc1C(=O)N1CCN(Cc2cnc[nH]2)c2cnc(-c3ccccc3)nc2C1. The Balaban J connectivity index is 1.53. The first-order valence-electron chi connectivity index (χ1n) is 12.0. The first-order valence-corrected chi connectivity index (χ1v) is 12.0. The highest BCUT2D eigenvalue weighted by atomic mass is 16.2. The van der Waals surface area contributed by atoms with Crippen LogP contribution in [-0.4, -0.2) is 43.8 Å². The van der Waals surface area contributed by atoms with E-state index in [1.807, 2.05) is 84.9 Å². The average Bonchev–Trinajstić information content (AvgIpc) is 3.36. The lowest BCUT2D eigenvalue weighted by Crippen LogP contribution is -2.35. The highest BCUT2D eigenvalue weighted by molar-refractivity contribution is 5.99. The number of anilines is 1. The van der Waals surface area contributed by atoms with E-state index in [1.165, 1.54) is 0 Å². The number of imidazole rings is 1. The highest BCUT2D eigenvalue weighted by Crippen LogP contribution is 2.28. The van der Waals surface area contributed by atoms with Crippen molar-refractivity contribution >= 4 is 23.7 Å². The van der Waals surface area contributed by atoms with Crippen molar-refractivity contribution < 1.29 is 4.79 Å². The van der Waals surface area contributed by atoms with Crippen LogP contribution in [-0.2, 0) is 13.1 Å². The molecule has 0 bridgehead atoms. The number of nitrogens with one attached hydrogen (secondary N) is 1. The van der Waals surface area contributed by atoms with Crippen molar-refractivity contribution in [1.82, 2.24) is 24.8 Å². The quantitative estimate of drug-likeness (QED) is 0.414. The molecule has 0 saturated carbocycles. The van der Waals surface area contributed by atoms with Crippen LogP contribution in [0, 0.1) is 0 Å². The second-order valence-electron chi connectivity index (χ2n) is 8.63. The molecule has 0 fully saturated rings. The summed E-state index contributed by atoms with van der Waals surface area (Å²) in [5.74, 6) is 0.609. The molecule has 7 heteroatoms. The molecule has 1 amide bonds. The van der Waals surface area contributed by atoms with Crippen LogP contribution in [0.25, 0.3) is 23.5 Å². The number of carbonyl (C=O) groups excluding carboxylic acids is 1. The van der Waals surface area contributed by atoms with Gasteiger partial charge in [-0.25, -0.2) is 15.0 Å². The van der Waals surface area contributed by atoms with Crippen LogP contribution in [0.1, 0.15) is 39.8 Å². The number of carbonyl (C=O) groups is 1. The van der Waals surface area contributed by atoms with Gasteiger partial charge >= 0.3 is 0 Å². The van der Waals surface area contributed by atoms with Crippen LogP contribution in [0.4, 0.5) is 5.69 Å². The number of aromatic amines is 1. The summed E-state index contributed by atoms with van der Waals surface area (Å²) in [6, 6.07) is 15.7. The molecule has 0 spiro atoms. The van der Waals surface area contributed by atoms with E-state index in [4.69, 9.17) is 4.98 Å². The van der Waals surface area contributed by atoms with Gasteiger partial charge in [-0.2, -0.15) is 0 Å². The summed E-state index contributed by atoms with van der Waals surface area (Å²) in [4.78, 5) is 34.9. The molecule has 2 aromatic carbocycles. The zero-order valence-electron chi connectivity index (χ0n) is 20.3. The predicted molar refractivity (Wildman–Crippen MR) is 143 cm³/mol. The van der Waals surface area contributed by atoms with Crippen molar-refractivity contribution in [3.63, 3.8) is 0 Å². The molecular weight excluding hydrogens is 448 g/mol. The second-order valence-corrected chi connectivity index (χ2v) is 8.63. The number of H-pyrrole nitrogens is 1. The number of rotatable bonds is 6. The van der Waals surface area contributed by atoms with Gasteiger partial charge in [0.1, 0.15) is 0 Å². The van der Waals surface area contributed by atoms with Gasteiger partial charge in [-0.05, 0) is 24.1 Å². The lowest BCUT2D eigenvalue weighted by Gasteiger charge is -2.24. The van der Waals surface area contributed by atoms with E-state index in [-0.39, 0.29) is 5.91 Å². The Bertz CT molecular complexity index is 1390. The van der Waals surface area contributed by atoms with Crippen molar-refractivity contribution in [3.8, 4) is 11.4 Å². The summed E-state index contributed by atoms with van der Waals surface area (Å²) in [7, 11) is 0. The smallest absolute Gasteiger partial charge is 0.254 e. The monoisotopic (exact) mass is 476 g/mol. The number of allylic oxidation sites excluding steroid dienone is 1. The maximum absolute atomic E-state index is 13.9. The number of hydrogen-bond acceptors (Lipinski definition) is 5. The van der Waals surface area contributed by atoms with Crippen LogP contribution in [0.3, 0.4) is 0 Å². The topological polar surface area (TPSA) is 78.0 Å². The molecular formula is C29H28N6O. The van der Waals surface area contributed by atoms with E-state index in [2.05, 4.69) is 26.4 Å². The maximum atomic E-state index is 13.9. The molecule has 0 atom stereocenters. The van der Waals surface area contributed by atoms with Crippen molar-refractivity contribution in [1.29, 1.82) is 0 Å². The molecule has 36 heavy (non-hydrogen) atoms. The van der Waals surface area contributed by atoms with Crippen LogP contribution < -0.4 is 4.90 Å². The summed E-state index contributed by atoms with van der Waals surface area (Å²) < 4.78 is 0. The molecule has 4 aromatic rings. The molecule has 0 radical (unpaired) electrons. The van der Waals surface area contributed by atoms with Crippen LogP contribution in [0.15, 0.2) is 79.9 Å². The van der Waals surface area contributed by atoms with Gasteiger partial charge in [0.2, 0.25) is 0 Å². The van der Waals surface area contributed by atoms with Gasteiger partial charge in [0.05, 0.1) is 42.7 Å². The van der Waals surface area contributed by atoms with Crippen LogP contribution in [0.2, 0.25) is 0 Å². The standard InChI is InChI=1S/C29H28N6O/c1-3-9-21-12-8-13-25(24(21)4-2)29(36)35-15-14-34(18-23-16-30-20-32-23)27-17-31-28(33-26(27)19-35)22-10-6-5-7-11-22/h3-13,16-17,20H,2,14-15,18-19H2,1H3,(H,30,32)/b9-3-. The summed E-state index contributed by atoms with van der Waals surface area (Å²) >= 11 is 0. The minimum Gasteiger partial charge on any atom is -0.361 e. The molecule has 0 saturated heterocycles. The third-order valence-corrected chi connectivity index (χ3v) is 6.32. The van der Waals surface area contributed by atoms with Gasteiger partial charge in [0.15, 0.2) is 5.82 Å². The number of benzene rings is 2. The third-order valence-electron chi connectivity index (χ3n) is 6.32. The third kappa shape index (κ3) is 4.68. The number of hydrogen-bond donors (Lipinski definition) is 1. The molecule has 5 rings (SSSR count). The summed E-state index contributed by atoms with van der Waals surface area (Å²) in [5, 5.41) is 0. The predicted octanol–water partition coefficient (Wildman–Crippen LogP) is 5.21. The molecule has 0 aliphatic carbocycles. The van der Waals surface area contributed by atoms with E-state index in [1.54, 1.807) is 12.4 Å². The highest BCUT2D eigenvalue weighted by Gasteiger charge is 2.27. The van der Waals surface area contributed by atoms with E-state index >= 15 is 0 Å². The molecule has 2 aromatic heterocycles. The Labute approximate surface area is 210 Å².